The monoisotopic (exact) mass is 266 g/mol. The summed E-state index contributed by atoms with van der Waals surface area (Å²) in [6.07, 6.45) is 0.241. The van der Waals surface area contributed by atoms with Gasteiger partial charge in [0.1, 0.15) is 0 Å². The summed E-state index contributed by atoms with van der Waals surface area (Å²) in [4.78, 5) is 12.7. The highest BCUT2D eigenvalue weighted by atomic mass is 16.5. The largest absolute Gasteiger partial charge is 0.481 e. The average molecular weight is 266 g/mol. The van der Waals surface area contributed by atoms with Gasteiger partial charge in [-0.2, -0.15) is 0 Å². The highest BCUT2D eigenvalue weighted by Crippen LogP contribution is 2.22. The first-order valence-corrected chi connectivity index (χ1v) is 6.43. The van der Waals surface area contributed by atoms with Gasteiger partial charge in [-0.3, -0.25) is 4.79 Å². The first-order chi connectivity index (χ1) is 9.00. The van der Waals surface area contributed by atoms with Gasteiger partial charge in [0.2, 0.25) is 0 Å². The Morgan fingerprint density at radius 1 is 1.37 bits per heavy atom. The van der Waals surface area contributed by atoms with Crippen molar-refractivity contribution >= 4 is 17.3 Å². The van der Waals surface area contributed by atoms with Gasteiger partial charge in [-0.15, -0.1) is 0 Å². The molecule has 0 aliphatic heterocycles. The Morgan fingerprint density at radius 3 is 2.63 bits per heavy atom. The summed E-state index contributed by atoms with van der Waals surface area (Å²) < 4.78 is 5.51. The summed E-state index contributed by atoms with van der Waals surface area (Å²) in [5.41, 5.74) is 7.44. The lowest BCUT2D eigenvalue weighted by Gasteiger charge is -2.26. The molecule has 0 radical (unpaired) electrons. The van der Waals surface area contributed by atoms with Crippen LogP contribution in [-0.4, -0.2) is 36.9 Å². The zero-order chi connectivity index (χ0) is 14.3. The summed E-state index contributed by atoms with van der Waals surface area (Å²) in [6, 6.07) is 7.46. The SMILES string of the molecule is CC(C)OCCN(CCC(=O)O)c1ccccc1N. The van der Waals surface area contributed by atoms with E-state index in [1.54, 1.807) is 0 Å². The first kappa shape index (κ1) is 15.3. The second-order valence-corrected chi connectivity index (χ2v) is 4.61. The molecule has 0 saturated heterocycles. The second-order valence-electron chi connectivity index (χ2n) is 4.61. The summed E-state index contributed by atoms with van der Waals surface area (Å²) >= 11 is 0. The van der Waals surface area contributed by atoms with Crippen LogP contribution in [0.3, 0.4) is 0 Å². The van der Waals surface area contributed by atoms with Crippen LogP contribution in [0.1, 0.15) is 20.3 Å². The van der Waals surface area contributed by atoms with E-state index in [2.05, 4.69) is 0 Å². The number of nitrogens with two attached hydrogens (primary N) is 1. The molecule has 0 amide bonds. The van der Waals surface area contributed by atoms with Gasteiger partial charge in [0, 0.05) is 13.1 Å². The lowest BCUT2D eigenvalue weighted by atomic mass is 10.2. The number of benzene rings is 1. The molecule has 0 heterocycles. The molecule has 5 heteroatoms. The van der Waals surface area contributed by atoms with Gasteiger partial charge in [-0.25, -0.2) is 0 Å². The Kier molecular flexibility index (Phi) is 6.15. The van der Waals surface area contributed by atoms with Crippen molar-refractivity contribution in [2.75, 3.05) is 30.3 Å². The van der Waals surface area contributed by atoms with Crippen molar-refractivity contribution in [3.05, 3.63) is 24.3 Å². The molecule has 0 saturated carbocycles. The summed E-state index contributed by atoms with van der Waals surface area (Å²) in [5, 5.41) is 8.80. The van der Waals surface area contributed by atoms with Gasteiger partial charge in [0.25, 0.3) is 0 Å². The maximum Gasteiger partial charge on any atom is 0.305 e. The third kappa shape index (κ3) is 5.61. The van der Waals surface area contributed by atoms with E-state index in [9.17, 15) is 4.79 Å². The minimum Gasteiger partial charge on any atom is -0.481 e. The zero-order valence-electron chi connectivity index (χ0n) is 11.5. The van der Waals surface area contributed by atoms with E-state index in [1.807, 2.05) is 43.0 Å². The highest BCUT2D eigenvalue weighted by molar-refractivity contribution is 5.70. The van der Waals surface area contributed by atoms with Crippen molar-refractivity contribution in [1.29, 1.82) is 0 Å². The smallest absolute Gasteiger partial charge is 0.305 e. The molecule has 3 N–H and O–H groups in total. The molecule has 0 atom stereocenters. The maximum atomic E-state index is 10.7. The van der Waals surface area contributed by atoms with Crippen LogP contribution in [0.15, 0.2) is 24.3 Å². The number of rotatable bonds is 8. The van der Waals surface area contributed by atoms with Crippen molar-refractivity contribution in [3.8, 4) is 0 Å². The van der Waals surface area contributed by atoms with E-state index in [4.69, 9.17) is 15.6 Å². The Morgan fingerprint density at radius 2 is 2.05 bits per heavy atom. The van der Waals surface area contributed by atoms with E-state index in [-0.39, 0.29) is 12.5 Å². The van der Waals surface area contributed by atoms with Crippen LogP contribution >= 0.6 is 0 Å². The molecule has 106 valence electrons. The van der Waals surface area contributed by atoms with Crippen LogP contribution in [0.2, 0.25) is 0 Å². The van der Waals surface area contributed by atoms with Crippen molar-refractivity contribution in [2.45, 2.75) is 26.4 Å². The van der Waals surface area contributed by atoms with Crippen LogP contribution in [-0.2, 0) is 9.53 Å². The number of nitrogen functional groups attached to an aromatic ring is 1. The Hall–Kier alpha value is -1.75. The van der Waals surface area contributed by atoms with Crippen LogP contribution in [0.25, 0.3) is 0 Å². The number of hydrogen-bond donors (Lipinski definition) is 2. The molecule has 0 fully saturated rings. The van der Waals surface area contributed by atoms with Crippen LogP contribution in [0, 0.1) is 0 Å². The Bertz CT molecular complexity index is 407. The van der Waals surface area contributed by atoms with Crippen LogP contribution < -0.4 is 10.6 Å². The molecule has 5 nitrogen and oxygen atoms in total. The predicted molar refractivity (Wildman–Crippen MR) is 76.4 cm³/mol. The number of carboxylic acids is 1. The zero-order valence-corrected chi connectivity index (χ0v) is 11.5. The standard InChI is InChI=1S/C14H22N2O3/c1-11(2)19-10-9-16(8-7-14(17)18)13-6-4-3-5-12(13)15/h3-6,11H,7-10,15H2,1-2H3,(H,17,18). The first-order valence-electron chi connectivity index (χ1n) is 6.43. The third-order valence-electron chi connectivity index (χ3n) is 2.69. The number of aliphatic carboxylic acids is 1. The lowest BCUT2D eigenvalue weighted by molar-refractivity contribution is -0.136. The molecular formula is C14H22N2O3. The number of carboxylic acid groups (broad SMARTS) is 1. The molecule has 0 aliphatic carbocycles. The molecule has 19 heavy (non-hydrogen) atoms. The van der Waals surface area contributed by atoms with Crippen molar-refractivity contribution < 1.29 is 14.6 Å². The molecule has 0 spiro atoms. The number of nitrogens with zero attached hydrogens (tertiary/aromatic N) is 1. The average Bonchev–Trinajstić information content (AvgIpc) is 2.34. The van der Waals surface area contributed by atoms with Crippen molar-refractivity contribution in [1.82, 2.24) is 0 Å². The predicted octanol–water partition coefficient (Wildman–Crippen LogP) is 1.97. The fourth-order valence-corrected chi connectivity index (χ4v) is 1.76. The molecule has 1 rings (SSSR count). The fourth-order valence-electron chi connectivity index (χ4n) is 1.76. The molecule has 0 unspecified atom stereocenters. The molecular weight excluding hydrogens is 244 g/mol. The normalized spacial score (nSPS) is 10.7. The fraction of sp³-hybridized carbons (Fsp3) is 0.500. The van der Waals surface area contributed by atoms with Gasteiger partial charge < -0.3 is 20.5 Å². The van der Waals surface area contributed by atoms with E-state index < -0.39 is 5.97 Å². The van der Waals surface area contributed by atoms with E-state index in [1.165, 1.54) is 0 Å². The van der Waals surface area contributed by atoms with Gasteiger partial charge in [0.15, 0.2) is 0 Å². The molecule has 1 aromatic rings. The van der Waals surface area contributed by atoms with Crippen LogP contribution in [0.4, 0.5) is 11.4 Å². The minimum absolute atomic E-state index is 0.0794. The molecule has 0 aromatic heterocycles. The van der Waals surface area contributed by atoms with Crippen molar-refractivity contribution in [2.24, 2.45) is 0 Å². The van der Waals surface area contributed by atoms with Gasteiger partial charge in [-0.1, -0.05) is 12.1 Å². The Labute approximate surface area is 114 Å². The summed E-state index contributed by atoms with van der Waals surface area (Å²) in [6.45, 7) is 5.53. The van der Waals surface area contributed by atoms with Crippen LogP contribution in [0.5, 0.6) is 0 Å². The topological polar surface area (TPSA) is 75.8 Å². The lowest BCUT2D eigenvalue weighted by Crippen LogP contribution is -2.31. The molecule has 1 aromatic carbocycles. The second kappa shape index (κ2) is 7.63. The van der Waals surface area contributed by atoms with E-state index in [0.29, 0.717) is 25.4 Å². The van der Waals surface area contributed by atoms with E-state index in [0.717, 1.165) is 5.69 Å². The van der Waals surface area contributed by atoms with Gasteiger partial charge in [-0.05, 0) is 26.0 Å². The quantitative estimate of drug-likeness (QED) is 0.704. The number of carbonyl (C=O) groups is 1. The van der Waals surface area contributed by atoms with E-state index >= 15 is 0 Å². The molecule has 0 bridgehead atoms. The highest BCUT2D eigenvalue weighted by Gasteiger charge is 2.11. The maximum absolute atomic E-state index is 10.7. The number of para-hydroxylation sites is 2. The minimum atomic E-state index is -0.815. The summed E-state index contributed by atoms with van der Waals surface area (Å²) in [5.74, 6) is -0.815. The number of hydrogen-bond acceptors (Lipinski definition) is 4. The van der Waals surface area contributed by atoms with Gasteiger partial charge >= 0.3 is 5.97 Å². The Balaban J connectivity index is 2.68. The number of ether oxygens (including phenoxy) is 1. The molecule has 0 aliphatic rings. The third-order valence-corrected chi connectivity index (χ3v) is 2.69. The van der Waals surface area contributed by atoms with Crippen molar-refractivity contribution in [3.63, 3.8) is 0 Å². The summed E-state index contributed by atoms with van der Waals surface area (Å²) in [7, 11) is 0. The van der Waals surface area contributed by atoms with Gasteiger partial charge in [0.05, 0.1) is 30.5 Å². The number of anilines is 2.